The van der Waals surface area contributed by atoms with Crippen molar-refractivity contribution in [3.05, 3.63) is 57.8 Å². The Bertz CT molecular complexity index is 703. The van der Waals surface area contributed by atoms with Gasteiger partial charge in [-0.2, -0.15) is 0 Å². The molecule has 0 unspecified atom stereocenters. The van der Waals surface area contributed by atoms with E-state index in [2.05, 4.69) is 72.8 Å². The predicted molar refractivity (Wildman–Crippen MR) is 105 cm³/mol. The summed E-state index contributed by atoms with van der Waals surface area (Å²) in [7, 11) is 0. The van der Waals surface area contributed by atoms with Crippen LogP contribution in [0.5, 0.6) is 0 Å². The molecule has 1 aromatic carbocycles. The van der Waals surface area contributed by atoms with Crippen LogP contribution in [0.25, 0.3) is 0 Å². The zero-order chi connectivity index (χ0) is 17.9. The Balaban J connectivity index is 1.70. The Morgan fingerprint density at radius 1 is 1.20 bits per heavy atom. The largest absolute Gasteiger partial charge is 0.354 e. The first-order valence-electron chi connectivity index (χ1n) is 9.03. The zero-order valence-electron chi connectivity index (χ0n) is 15.4. The number of benzene rings is 1. The number of amides is 1. The number of hydrogen-bond acceptors (Lipinski definition) is 3. The number of nitrogens with zero attached hydrogens (tertiary/aromatic N) is 1. The fourth-order valence-electron chi connectivity index (χ4n) is 3.43. The second-order valence-corrected chi connectivity index (χ2v) is 9.04. The van der Waals surface area contributed by atoms with Crippen molar-refractivity contribution in [2.45, 2.75) is 46.2 Å². The van der Waals surface area contributed by atoms with E-state index in [1.807, 2.05) is 0 Å². The monoisotopic (exact) mass is 356 g/mol. The maximum atomic E-state index is 12.3. The zero-order valence-corrected chi connectivity index (χ0v) is 16.2. The molecule has 1 N–H and O–H groups in total. The molecule has 1 atom stereocenters. The Labute approximate surface area is 155 Å². The van der Waals surface area contributed by atoms with Crippen LogP contribution in [-0.2, 0) is 17.8 Å². The molecule has 25 heavy (non-hydrogen) atoms. The maximum Gasteiger partial charge on any atom is 0.220 e. The fourth-order valence-corrected chi connectivity index (χ4v) is 4.29. The third-order valence-corrected chi connectivity index (χ3v) is 5.63. The topological polar surface area (TPSA) is 32.3 Å². The van der Waals surface area contributed by atoms with E-state index >= 15 is 0 Å². The molecular weight excluding hydrogens is 328 g/mol. The highest BCUT2D eigenvalue weighted by Crippen LogP contribution is 2.30. The maximum absolute atomic E-state index is 12.3. The lowest BCUT2D eigenvalue weighted by Gasteiger charge is -2.35. The molecule has 2 heterocycles. The smallest absolute Gasteiger partial charge is 0.220 e. The summed E-state index contributed by atoms with van der Waals surface area (Å²) in [6.45, 7) is 8.97. The molecule has 0 fully saturated rings. The Hall–Kier alpha value is -1.65. The van der Waals surface area contributed by atoms with Crippen molar-refractivity contribution < 1.29 is 4.79 Å². The van der Waals surface area contributed by atoms with Crippen molar-refractivity contribution >= 4 is 17.2 Å². The van der Waals surface area contributed by atoms with E-state index in [0.717, 1.165) is 19.5 Å². The minimum Gasteiger partial charge on any atom is -0.354 e. The van der Waals surface area contributed by atoms with Gasteiger partial charge in [-0.15, -0.1) is 11.3 Å². The summed E-state index contributed by atoms with van der Waals surface area (Å²) < 4.78 is 0. The van der Waals surface area contributed by atoms with E-state index in [-0.39, 0.29) is 17.4 Å². The third kappa shape index (κ3) is 4.93. The van der Waals surface area contributed by atoms with Gasteiger partial charge in [0.25, 0.3) is 0 Å². The van der Waals surface area contributed by atoms with E-state index in [1.165, 1.54) is 16.0 Å². The number of fused-ring (bicyclic) bond motifs is 1. The molecule has 1 aromatic heterocycles. The van der Waals surface area contributed by atoms with Crippen LogP contribution in [0.1, 0.15) is 49.2 Å². The van der Waals surface area contributed by atoms with Gasteiger partial charge in [0.1, 0.15) is 0 Å². The predicted octanol–water partition coefficient (Wildman–Crippen LogP) is 4.40. The van der Waals surface area contributed by atoms with Gasteiger partial charge < -0.3 is 5.32 Å². The number of hydrogen-bond donors (Lipinski definition) is 1. The number of rotatable bonds is 5. The second-order valence-electron chi connectivity index (χ2n) is 8.06. The van der Waals surface area contributed by atoms with Gasteiger partial charge in [-0.25, -0.2) is 0 Å². The minimum atomic E-state index is 0.0204. The molecule has 0 bridgehead atoms. The molecule has 0 saturated carbocycles. The van der Waals surface area contributed by atoms with Crippen molar-refractivity contribution in [3.63, 3.8) is 0 Å². The molecule has 2 aromatic rings. The summed E-state index contributed by atoms with van der Waals surface area (Å²) in [6.07, 6.45) is 1.64. The average Bonchev–Trinajstić information content (AvgIpc) is 3.07. The van der Waals surface area contributed by atoms with Gasteiger partial charge in [-0.1, -0.05) is 51.1 Å². The number of carbonyl (C=O) groups excluding carboxylic acids is 1. The lowest BCUT2D eigenvalue weighted by Crippen LogP contribution is -2.41. The van der Waals surface area contributed by atoms with Crippen molar-refractivity contribution in [2.24, 2.45) is 5.41 Å². The van der Waals surface area contributed by atoms with Gasteiger partial charge >= 0.3 is 0 Å². The lowest BCUT2D eigenvalue weighted by atomic mass is 9.92. The van der Waals surface area contributed by atoms with Crippen molar-refractivity contribution in [1.29, 1.82) is 0 Å². The van der Waals surface area contributed by atoms with E-state index in [1.54, 1.807) is 11.3 Å². The molecule has 0 spiro atoms. The van der Waals surface area contributed by atoms with Crippen LogP contribution in [0.15, 0.2) is 41.8 Å². The van der Waals surface area contributed by atoms with E-state index in [9.17, 15) is 4.79 Å². The molecule has 1 amide bonds. The molecule has 4 heteroatoms. The summed E-state index contributed by atoms with van der Waals surface area (Å²) in [6, 6.07) is 13.2. The van der Waals surface area contributed by atoms with Gasteiger partial charge in [-0.05, 0) is 34.4 Å². The van der Waals surface area contributed by atoms with Crippen LogP contribution in [0.3, 0.4) is 0 Å². The molecule has 1 aliphatic heterocycles. The summed E-state index contributed by atoms with van der Waals surface area (Å²) in [5.41, 5.74) is 2.89. The fraction of sp³-hybridized carbons (Fsp3) is 0.476. The molecule has 1 aliphatic rings. The van der Waals surface area contributed by atoms with Gasteiger partial charge in [0.2, 0.25) is 5.91 Å². The van der Waals surface area contributed by atoms with Crippen LogP contribution in [0.4, 0.5) is 0 Å². The van der Waals surface area contributed by atoms with Crippen molar-refractivity contribution in [1.82, 2.24) is 10.2 Å². The first-order valence-corrected chi connectivity index (χ1v) is 9.91. The van der Waals surface area contributed by atoms with E-state index < -0.39 is 0 Å². The van der Waals surface area contributed by atoms with Crippen LogP contribution in [0.2, 0.25) is 0 Å². The first kappa shape index (κ1) is 18.2. The molecule has 0 saturated heterocycles. The average molecular weight is 357 g/mol. The van der Waals surface area contributed by atoms with Crippen molar-refractivity contribution in [2.75, 3.05) is 13.1 Å². The lowest BCUT2D eigenvalue weighted by molar-refractivity contribution is -0.123. The van der Waals surface area contributed by atoms with Gasteiger partial charge in [0.15, 0.2) is 0 Å². The highest BCUT2D eigenvalue weighted by molar-refractivity contribution is 7.10. The molecule has 3 rings (SSSR count). The second kappa shape index (κ2) is 7.71. The first-order chi connectivity index (χ1) is 11.9. The van der Waals surface area contributed by atoms with Gasteiger partial charge in [0.05, 0.1) is 6.04 Å². The summed E-state index contributed by atoms with van der Waals surface area (Å²) in [5.74, 6) is 0.145. The Morgan fingerprint density at radius 3 is 2.64 bits per heavy atom. The molecule has 0 radical (unpaired) electrons. The van der Waals surface area contributed by atoms with E-state index in [4.69, 9.17) is 0 Å². The SMILES string of the molecule is CC(C)(C)CC(=O)NC[C@@H](c1cccs1)N1CCc2ccccc2C1. The van der Waals surface area contributed by atoms with Crippen LogP contribution in [0, 0.1) is 5.41 Å². The third-order valence-electron chi connectivity index (χ3n) is 4.66. The highest BCUT2D eigenvalue weighted by atomic mass is 32.1. The summed E-state index contributed by atoms with van der Waals surface area (Å²) in [5, 5.41) is 5.30. The quantitative estimate of drug-likeness (QED) is 0.861. The van der Waals surface area contributed by atoms with E-state index in [0.29, 0.717) is 13.0 Å². The number of thiophene rings is 1. The normalized spacial score (nSPS) is 16.3. The van der Waals surface area contributed by atoms with Crippen LogP contribution < -0.4 is 5.32 Å². The van der Waals surface area contributed by atoms with Crippen LogP contribution in [-0.4, -0.2) is 23.9 Å². The standard InChI is InChI=1S/C21H28N2OS/c1-21(2,3)13-20(24)22-14-18(19-9-6-12-25-19)23-11-10-16-7-4-5-8-17(16)15-23/h4-9,12,18H,10-11,13-15H2,1-3H3,(H,22,24)/t18-/m0/s1. The molecule has 134 valence electrons. The summed E-state index contributed by atoms with van der Waals surface area (Å²) in [4.78, 5) is 16.1. The minimum absolute atomic E-state index is 0.0204. The van der Waals surface area contributed by atoms with Gasteiger partial charge in [-0.3, -0.25) is 9.69 Å². The number of nitrogens with one attached hydrogen (secondary N) is 1. The molecule has 3 nitrogen and oxygen atoms in total. The van der Waals surface area contributed by atoms with Crippen molar-refractivity contribution in [3.8, 4) is 0 Å². The summed E-state index contributed by atoms with van der Waals surface area (Å²) >= 11 is 1.78. The number of carbonyl (C=O) groups is 1. The Kier molecular flexibility index (Phi) is 5.60. The van der Waals surface area contributed by atoms with Crippen LogP contribution >= 0.6 is 11.3 Å². The Morgan fingerprint density at radius 2 is 1.96 bits per heavy atom. The molecule has 0 aliphatic carbocycles. The van der Waals surface area contributed by atoms with Gasteiger partial charge in [0, 0.05) is 30.9 Å². The highest BCUT2D eigenvalue weighted by Gasteiger charge is 2.26. The molecular formula is C21H28N2OS.